The lowest BCUT2D eigenvalue weighted by Gasteiger charge is -2.06. The number of rotatable bonds is 6. The highest BCUT2D eigenvalue weighted by Gasteiger charge is 2.14. The highest BCUT2D eigenvalue weighted by Crippen LogP contribution is 2.11. The molecule has 0 spiro atoms. The van der Waals surface area contributed by atoms with Crippen LogP contribution in [0.1, 0.15) is 23.5 Å². The normalized spacial score (nSPS) is 11.5. The van der Waals surface area contributed by atoms with Crippen LogP contribution in [0.3, 0.4) is 0 Å². The fourth-order valence-corrected chi connectivity index (χ4v) is 2.16. The molecule has 0 atom stereocenters. The fraction of sp³-hybridized carbons (Fsp3) is 0.118. The van der Waals surface area contributed by atoms with Crippen molar-refractivity contribution in [2.75, 3.05) is 5.73 Å². The third-order valence-electron chi connectivity index (χ3n) is 3.42. The van der Waals surface area contributed by atoms with E-state index in [-0.39, 0.29) is 36.1 Å². The van der Waals surface area contributed by atoms with Crippen molar-refractivity contribution in [1.82, 2.24) is 15.1 Å². The number of nitrogens with one attached hydrogen (secondary N) is 1. The van der Waals surface area contributed by atoms with Crippen LogP contribution in [0.15, 0.2) is 58.4 Å². The number of nitrogen functional groups attached to an aromatic ring is 1. The highest BCUT2D eigenvalue weighted by atomic mass is 19.1. The van der Waals surface area contributed by atoms with Crippen LogP contribution in [0.2, 0.25) is 0 Å². The first-order chi connectivity index (χ1) is 12.1. The average Bonchev–Trinajstić information content (AvgIpc) is 3.14. The van der Waals surface area contributed by atoms with Crippen LogP contribution in [-0.2, 0) is 6.54 Å². The molecule has 0 fully saturated rings. The molecule has 0 aliphatic rings. The van der Waals surface area contributed by atoms with E-state index in [1.165, 1.54) is 18.5 Å². The molecule has 25 heavy (non-hydrogen) atoms. The Morgan fingerprint density at radius 1 is 1.24 bits per heavy atom. The largest absolute Gasteiger partial charge is 0.384 e. The van der Waals surface area contributed by atoms with Gasteiger partial charge in [0.2, 0.25) is 0 Å². The molecular formula is C17H15FN6O. The van der Waals surface area contributed by atoms with Gasteiger partial charge in [-0.15, -0.1) is 0 Å². The van der Waals surface area contributed by atoms with Gasteiger partial charge in [0.1, 0.15) is 23.6 Å². The summed E-state index contributed by atoms with van der Waals surface area (Å²) in [5, 5.41) is 12.0. The molecule has 2 aromatic heterocycles. The molecule has 0 radical (unpaired) electrons. The van der Waals surface area contributed by atoms with Crippen molar-refractivity contribution in [2.45, 2.75) is 13.0 Å². The smallest absolute Gasteiger partial charge is 0.175 e. The summed E-state index contributed by atoms with van der Waals surface area (Å²) in [6.07, 6.45) is 3.01. The van der Waals surface area contributed by atoms with E-state index in [9.17, 15) is 4.39 Å². The Kier molecular flexibility index (Phi) is 4.89. The minimum absolute atomic E-state index is 0.116. The monoisotopic (exact) mass is 338 g/mol. The molecule has 3 N–H and O–H groups in total. The van der Waals surface area contributed by atoms with E-state index < -0.39 is 0 Å². The molecule has 7 nitrogen and oxygen atoms in total. The van der Waals surface area contributed by atoms with E-state index in [0.717, 1.165) is 0 Å². The zero-order valence-corrected chi connectivity index (χ0v) is 13.2. The van der Waals surface area contributed by atoms with Gasteiger partial charge in [-0.1, -0.05) is 23.4 Å². The zero-order chi connectivity index (χ0) is 17.6. The summed E-state index contributed by atoms with van der Waals surface area (Å²) in [7, 11) is 0. The third kappa shape index (κ3) is 4.11. The Balaban J connectivity index is 1.84. The summed E-state index contributed by atoms with van der Waals surface area (Å²) >= 11 is 0. The topological polar surface area (TPSA) is 114 Å². The van der Waals surface area contributed by atoms with Crippen molar-refractivity contribution in [3.63, 3.8) is 0 Å². The first-order valence-corrected chi connectivity index (χ1v) is 7.47. The number of nitrogens with zero attached hydrogens (tertiary/aromatic N) is 4. The molecule has 8 heteroatoms. The molecule has 3 aromatic rings. The van der Waals surface area contributed by atoms with Gasteiger partial charge in [0.15, 0.2) is 5.82 Å². The summed E-state index contributed by atoms with van der Waals surface area (Å²) < 4.78 is 18.6. The second-order valence-corrected chi connectivity index (χ2v) is 5.20. The number of nitrogens with two attached hydrogens (primary N) is 1. The van der Waals surface area contributed by atoms with Crippen molar-refractivity contribution < 1.29 is 8.91 Å². The SMILES string of the molecule is N=C(CC(=NCc1ccccc1F)c1ccon1)c1nccc(N)n1. The summed E-state index contributed by atoms with van der Waals surface area (Å²) in [5.41, 5.74) is 7.16. The average molecular weight is 338 g/mol. The number of aromatic nitrogens is 3. The fourth-order valence-electron chi connectivity index (χ4n) is 2.16. The Morgan fingerprint density at radius 3 is 2.80 bits per heavy atom. The van der Waals surface area contributed by atoms with E-state index in [4.69, 9.17) is 15.7 Å². The molecule has 0 saturated carbocycles. The summed E-state index contributed by atoms with van der Waals surface area (Å²) in [4.78, 5) is 12.5. The quantitative estimate of drug-likeness (QED) is 0.671. The van der Waals surface area contributed by atoms with Crippen LogP contribution in [0.25, 0.3) is 0 Å². The van der Waals surface area contributed by atoms with Crippen molar-refractivity contribution in [3.8, 4) is 0 Å². The van der Waals surface area contributed by atoms with Crippen molar-refractivity contribution in [2.24, 2.45) is 4.99 Å². The maximum atomic E-state index is 13.8. The van der Waals surface area contributed by atoms with Gasteiger partial charge in [0.25, 0.3) is 0 Å². The molecule has 1 aromatic carbocycles. The van der Waals surface area contributed by atoms with Gasteiger partial charge in [-0.25, -0.2) is 14.4 Å². The van der Waals surface area contributed by atoms with Gasteiger partial charge < -0.3 is 15.7 Å². The summed E-state index contributed by atoms with van der Waals surface area (Å²) in [6.45, 7) is 0.125. The molecule has 0 unspecified atom stereocenters. The third-order valence-corrected chi connectivity index (χ3v) is 3.42. The minimum Gasteiger partial charge on any atom is -0.384 e. The number of hydrogen-bond acceptors (Lipinski definition) is 7. The van der Waals surface area contributed by atoms with Gasteiger partial charge in [0, 0.05) is 24.2 Å². The van der Waals surface area contributed by atoms with Crippen molar-refractivity contribution >= 4 is 17.2 Å². The Bertz CT molecular complexity index is 907. The van der Waals surface area contributed by atoms with E-state index in [2.05, 4.69) is 20.1 Å². The molecule has 126 valence electrons. The maximum absolute atomic E-state index is 13.8. The first-order valence-electron chi connectivity index (χ1n) is 7.47. The zero-order valence-electron chi connectivity index (χ0n) is 13.2. The van der Waals surface area contributed by atoms with Crippen LogP contribution < -0.4 is 5.73 Å². The first kappa shape index (κ1) is 16.4. The summed E-state index contributed by atoms with van der Waals surface area (Å²) in [6, 6.07) is 9.57. The van der Waals surface area contributed by atoms with Crippen LogP contribution >= 0.6 is 0 Å². The van der Waals surface area contributed by atoms with Gasteiger partial charge in [-0.3, -0.25) is 4.99 Å². The lowest BCUT2D eigenvalue weighted by molar-refractivity contribution is 0.418. The molecule has 0 amide bonds. The number of aliphatic imine (C=N–C) groups is 1. The van der Waals surface area contributed by atoms with E-state index in [1.807, 2.05) is 0 Å². The highest BCUT2D eigenvalue weighted by molar-refractivity contribution is 6.14. The second-order valence-electron chi connectivity index (χ2n) is 5.20. The van der Waals surface area contributed by atoms with Crippen molar-refractivity contribution in [1.29, 1.82) is 5.41 Å². The van der Waals surface area contributed by atoms with Gasteiger partial charge in [-0.2, -0.15) is 0 Å². The van der Waals surface area contributed by atoms with Crippen LogP contribution in [0.5, 0.6) is 0 Å². The van der Waals surface area contributed by atoms with E-state index in [1.54, 1.807) is 30.3 Å². The molecule has 0 saturated heterocycles. The number of anilines is 1. The van der Waals surface area contributed by atoms with E-state index in [0.29, 0.717) is 17.0 Å². The Labute approximate surface area is 142 Å². The lowest BCUT2D eigenvalue weighted by Crippen LogP contribution is -2.14. The van der Waals surface area contributed by atoms with Gasteiger partial charge in [0.05, 0.1) is 18.0 Å². The Morgan fingerprint density at radius 2 is 2.08 bits per heavy atom. The van der Waals surface area contributed by atoms with Crippen LogP contribution in [0.4, 0.5) is 10.2 Å². The Hall–Kier alpha value is -3.42. The molecule has 0 bridgehead atoms. The minimum atomic E-state index is -0.333. The lowest BCUT2D eigenvalue weighted by atomic mass is 10.1. The number of halogens is 1. The molecule has 2 heterocycles. The number of hydrogen-bond donors (Lipinski definition) is 2. The predicted molar refractivity (Wildman–Crippen MR) is 91.0 cm³/mol. The summed E-state index contributed by atoms with van der Waals surface area (Å²) in [5.74, 6) is 0.156. The maximum Gasteiger partial charge on any atom is 0.175 e. The molecule has 3 rings (SSSR count). The predicted octanol–water partition coefficient (Wildman–Crippen LogP) is 2.63. The van der Waals surface area contributed by atoms with E-state index >= 15 is 0 Å². The van der Waals surface area contributed by atoms with Crippen LogP contribution in [-0.4, -0.2) is 26.5 Å². The van der Waals surface area contributed by atoms with Crippen LogP contribution in [0, 0.1) is 11.2 Å². The van der Waals surface area contributed by atoms with Gasteiger partial charge >= 0.3 is 0 Å². The second kappa shape index (κ2) is 7.43. The molecule has 0 aliphatic carbocycles. The molecule has 0 aliphatic heterocycles. The standard InChI is InChI=1S/C17H15FN6O/c18-12-4-2-1-3-11(12)10-22-15(14-6-8-25-24-14)9-13(19)17-21-7-5-16(20)23-17/h1-8,19H,9-10H2,(H2,20,21,23). The van der Waals surface area contributed by atoms with Crippen molar-refractivity contribution in [3.05, 3.63) is 71.8 Å². The van der Waals surface area contributed by atoms with Gasteiger partial charge in [-0.05, 0) is 12.1 Å². The number of benzene rings is 1. The molecular weight excluding hydrogens is 323 g/mol.